The smallest absolute Gasteiger partial charge is 0.410 e. The topological polar surface area (TPSA) is 129 Å². The molecule has 10 nitrogen and oxygen atoms in total. The number of amides is 1. The maximum atomic E-state index is 12.4. The van der Waals surface area contributed by atoms with E-state index in [2.05, 4.69) is 4.90 Å². The summed E-state index contributed by atoms with van der Waals surface area (Å²) in [5, 5.41) is 30.6. The van der Waals surface area contributed by atoms with Crippen LogP contribution in [-0.2, 0) is 4.74 Å². The Balaban J connectivity index is 1.51. The van der Waals surface area contributed by atoms with Gasteiger partial charge in [-0.05, 0) is 51.2 Å². The number of nitriles is 1. The van der Waals surface area contributed by atoms with Gasteiger partial charge in [0.25, 0.3) is 0 Å². The van der Waals surface area contributed by atoms with Gasteiger partial charge >= 0.3 is 11.8 Å². The summed E-state index contributed by atoms with van der Waals surface area (Å²) in [6.45, 7) is 8.62. The van der Waals surface area contributed by atoms with E-state index >= 15 is 0 Å². The van der Waals surface area contributed by atoms with Crippen molar-refractivity contribution in [3.63, 3.8) is 0 Å². The monoisotopic (exact) mass is 446 g/mol. The van der Waals surface area contributed by atoms with Gasteiger partial charge in [0, 0.05) is 38.8 Å². The molecular weight excluding hydrogens is 416 g/mol. The number of rotatable bonds is 6. The molecule has 2 heterocycles. The van der Waals surface area contributed by atoms with Gasteiger partial charge in [0.05, 0.1) is 16.6 Å². The molecule has 1 amide bonds. The molecule has 1 aromatic rings. The average Bonchev–Trinajstić information content (AvgIpc) is 2.70. The van der Waals surface area contributed by atoms with Crippen LogP contribution in [0.2, 0.25) is 0 Å². The van der Waals surface area contributed by atoms with Crippen LogP contribution >= 0.6 is 0 Å². The number of likely N-dealkylation sites (tertiary alicyclic amines) is 2. The largest absolute Gasteiger partial charge is 0.484 e. The van der Waals surface area contributed by atoms with E-state index in [-0.39, 0.29) is 29.7 Å². The second-order valence-electron chi connectivity index (χ2n) is 9.59. The van der Waals surface area contributed by atoms with E-state index in [4.69, 9.17) is 14.7 Å². The highest BCUT2D eigenvalue weighted by Crippen LogP contribution is 2.30. The Morgan fingerprint density at radius 1 is 1.31 bits per heavy atom. The highest BCUT2D eigenvalue weighted by atomic mass is 16.6. The number of nitro groups is 1. The van der Waals surface area contributed by atoms with E-state index in [1.807, 2.05) is 26.8 Å². The van der Waals surface area contributed by atoms with Crippen LogP contribution in [0, 0.1) is 33.3 Å². The van der Waals surface area contributed by atoms with Crippen molar-refractivity contribution in [3.05, 3.63) is 33.9 Å². The van der Waals surface area contributed by atoms with E-state index in [1.165, 1.54) is 12.1 Å². The maximum absolute atomic E-state index is 12.4. The lowest BCUT2D eigenvalue weighted by Crippen LogP contribution is -2.56. The number of nitro benzene ring substituents is 1. The summed E-state index contributed by atoms with van der Waals surface area (Å²) in [5.74, 6) is 0.641. The fraction of sp³-hybridized carbons (Fsp3) is 0.636. The maximum Gasteiger partial charge on any atom is 0.410 e. The van der Waals surface area contributed by atoms with Crippen molar-refractivity contribution < 1.29 is 24.3 Å². The van der Waals surface area contributed by atoms with Crippen LogP contribution in [0.15, 0.2) is 18.2 Å². The first-order chi connectivity index (χ1) is 15.0. The first-order valence-corrected chi connectivity index (χ1v) is 10.7. The Kier molecular flexibility index (Phi) is 7.21. The summed E-state index contributed by atoms with van der Waals surface area (Å²) >= 11 is 0. The van der Waals surface area contributed by atoms with Gasteiger partial charge in [-0.25, -0.2) is 4.79 Å². The molecule has 0 saturated carbocycles. The SMILES string of the molecule is CC(C)(C)OC(=O)N1CC2CC(CN(CC(O)COc3ccc(C#N)cc3[N+](=O)[O-])C2)C1. The predicted octanol–water partition coefficient (Wildman–Crippen LogP) is 2.39. The zero-order valence-electron chi connectivity index (χ0n) is 18.7. The second-order valence-corrected chi connectivity index (χ2v) is 9.59. The summed E-state index contributed by atoms with van der Waals surface area (Å²) in [5.41, 5.74) is -0.653. The molecule has 1 aromatic carbocycles. The lowest BCUT2D eigenvalue weighted by atomic mass is 9.84. The Morgan fingerprint density at radius 2 is 1.97 bits per heavy atom. The molecule has 2 fully saturated rings. The van der Waals surface area contributed by atoms with Crippen LogP contribution in [-0.4, -0.2) is 77.0 Å². The van der Waals surface area contributed by atoms with E-state index in [9.17, 15) is 20.0 Å². The molecule has 10 heteroatoms. The molecule has 1 N–H and O–H groups in total. The van der Waals surface area contributed by atoms with E-state index in [0.717, 1.165) is 25.6 Å². The van der Waals surface area contributed by atoms with Crippen molar-refractivity contribution in [3.8, 4) is 11.8 Å². The van der Waals surface area contributed by atoms with Crippen LogP contribution in [0.3, 0.4) is 0 Å². The quantitative estimate of drug-likeness (QED) is 0.521. The number of fused-ring (bicyclic) bond motifs is 2. The molecule has 174 valence electrons. The third-order valence-corrected chi connectivity index (χ3v) is 5.49. The zero-order valence-corrected chi connectivity index (χ0v) is 18.7. The number of hydrogen-bond acceptors (Lipinski definition) is 8. The van der Waals surface area contributed by atoms with Crippen LogP contribution in [0.4, 0.5) is 10.5 Å². The summed E-state index contributed by atoms with van der Waals surface area (Å²) in [6, 6.07) is 5.83. The van der Waals surface area contributed by atoms with Crippen molar-refractivity contribution in [1.82, 2.24) is 9.80 Å². The van der Waals surface area contributed by atoms with Crippen molar-refractivity contribution in [2.75, 3.05) is 39.3 Å². The lowest BCUT2D eigenvalue weighted by molar-refractivity contribution is -0.385. The summed E-state index contributed by atoms with van der Waals surface area (Å²) in [4.78, 5) is 27.0. The first kappa shape index (κ1) is 23.8. The molecule has 2 bridgehead atoms. The van der Waals surface area contributed by atoms with Gasteiger partial charge in [0.1, 0.15) is 18.3 Å². The molecule has 3 atom stereocenters. The first-order valence-electron chi connectivity index (χ1n) is 10.7. The molecule has 0 aromatic heterocycles. The van der Waals surface area contributed by atoms with Gasteiger partial charge < -0.3 is 19.5 Å². The Morgan fingerprint density at radius 3 is 2.53 bits per heavy atom. The second kappa shape index (κ2) is 9.71. The number of piperidine rings is 2. The van der Waals surface area contributed by atoms with Gasteiger partial charge in [-0.2, -0.15) is 5.26 Å². The lowest BCUT2D eigenvalue weighted by Gasteiger charge is -2.46. The fourth-order valence-electron chi connectivity index (χ4n) is 4.40. The number of ether oxygens (including phenoxy) is 2. The number of nitrogens with zero attached hydrogens (tertiary/aromatic N) is 4. The molecule has 2 aliphatic heterocycles. The highest BCUT2D eigenvalue weighted by molar-refractivity contribution is 5.68. The van der Waals surface area contributed by atoms with Gasteiger partial charge in [-0.3, -0.25) is 15.0 Å². The molecule has 0 aliphatic carbocycles. The molecule has 3 unspecified atom stereocenters. The standard InChI is InChI=1S/C22H30N4O6/c1-22(2,3)32-21(28)25-11-16-6-17(12-25)10-24(9-16)13-18(27)14-31-20-5-4-15(8-23)7-19(20)26(29)30/h4-5,7,16-18,27H,6,9-14H2,1-3H3. The minimum atomic E-state index is -0.828. The Labute approximate surface area is 187 Å². The molecule has 0 spiro atoms. The number of aliphatic hydroxyl groups is 1. The van der Waals surface area contributed by atoms with Crippen LogP contribution in [0.25, 0.3) is 0 Å². The Bertz CT molecular complexity index is 879. The van der Waals surface area contributed by atoms with Crippen LogP contribution in [0.5, 0.6) is 5.75 Å². The van der Waals surface area contributed by atoms with Gasteiger partial charge in [-0.15, -0.1) is 0 Å². The minimum Gasteiger partial charge on any atom is -0.484 e. The van der Waals surface area contributed by atoms with Gasteiger partial charge in [-0.1, -0.05) is 0 Å². The normalized spacial score (nSPS) is 22.0. The van der Waals surface area contributed by atoms with E-state index in [0.29, 0.717) is 31.5 Å². The predicted molar refractivity (Wildman–Crippen MR) is 115 cm³/mol. The van der Waals surface area contributed by atoms with Gasteiger partial charge in [0.15, 0.2) is 5.75 Å². The van der Waals surface area contributed by atoms with Crippen LogP contribution in [0.1, 0.15) is 32.8 Å². The van der Waals surface area contributed by atoms with Crippen molar-refractivity contribution >= 4 is 11.8 Å². The third-order valence-electron chi connectivity index (χ3n) is 5.49. The number of carbonyl (C=O) groups excluding carboxylic acids is 1. The van der Waals surface area contributed by atoms with Crippen LogP contribution < -0.4 is 4.74 Å². The number of benzene rings is 1. The number of aliphatic hydroxyl groups excluding tert-OH is 1. The minimum absolute atomic E-state index is 0.0246. The Hall–Kier alpha value is -2.90. The molecule has 32 heavy (non-hydrogen) atoms. The van der Waals surface area contributed by atoms with E-state index in [1.54, 1.807) is 4.90 Å². The van der Waals surface area contributed by atoms with Gasteiger partial charge in [0.2, 0.25) is 0 Å². The fourth-order valence-corrected chi connectivity index (χ4v) is 4.40. The molecule has 2 aliphatic rings. The number of β-amino-alcohol motifs (C(OH)–C–C–N with tert-alkyl or cyclic N) is 1. The average molecular weight is 447 g/mol. The number of carbonyl (C=O) groups is 1. The summed E-state index contributed by atoms with van der Waals surface area (Å²) in [7, 11) is 0. The molecule has 2 saturated heterocycles. The zero-order chi connectivity index (χ0) is 23.5. The van der Waals surface area contributed by atoms with Crippen molar-refractivity contribution in [2.24, 2.45) is 11.8 Å². The third kappa shape index (κ3) is 6.31. The van der Waals surface area contributed by atoms with E-state index < -0.39 is 16.6 Å². The molecular formula is C22H30N4O6. The summed E-state index contributed by atoms with van der Waals surface area (Å²) < 4.78 is 11.0. The van der Waals surface area contributed by atoms with Crippen molar-refractivity contribution in [2.45, 2.75) is 38.9 Å². The van der Waals surface area contributed by atoms with Crippen molar-refractivity contribution in [1.29, 1.82) is 5.26 Å². The highest BCUT2D eigenvalue weighted by Gasteiger charge is 2.37. The molecule has 0 radical (unpaired) electrons. The molecule has 3 rings (SSSR count). The summed E-state index contributed by atoms with van der Waals surface area (Å²) in [6.07, 6.45) is -0.0658. The number of hydrogen-bond donors (Lipinski definition) is 1.